The standard InChI is InChI=1S/C60H38N4/c1-5-17-41(18-6-1)61-53-27-15-14-26-46(53)51-37-52-50-36-40(29-33-55(50)62(58(52)38-57(51)61)42-19-7-2-8-20-42)39-30-34-56-49(35-39)48-32-31-47-45-25-13-16-28-54(45)63(43-21-9-3-10-22-43)59(47)60(48)64(56)44-23-11-4-12-24-44/h1-38H. The molecule has 0 bridgehead atoms. The van der Waals surface area contributed by atoms with Crippen LogP contribution in [0.5, 0.6) is 0 Å². The van der Waals surface area contributed by atoms with E-state index < -0.39 is 0 Å². The van der Waals surface area contributed by atoms with E-state index in [0.717, 1.165) is 22.7 Å². The fraction of sp³-hybridized carbons (Fsp3) is 0. The van der Waals surface area contributed by atoms with Gasteiger partial charge in [-0.1, -0.05) is 133 Å². The minimum atomic E-state index is 1.14. The Bertz CT molecular complexity index is 4150. The number of benzene rings is 10. The van der Waals surface area contributed by atoms with Gasteiger partial charge in [0.05, 0.1) is 44.1 Å². The molecule has 0 spiro atoms. The lowest BCUT2D eigenvalue weighted by atomic mass is 10.00. The van der Waals surface area contributed by atoms with Crippen molar-refractivity contribution in [3.05, 3.63) is 231 Å². The average molecular weight is 815 g/mol. The van der Waals surface area contributed by atoms with Crippen molar-refractivity contribution in [3.8, 4) is 33.9 Å². The highest BCUT2D eigenvalue weighted by atomic mass is 15.0. The van der Waals surface area contributed by atoms with Crippen molar-refractivity contribution in [1.82, 2.24) is 18.3 Å². The number of nitrogens with zero attached hydrogens (tertiary/aromatic N) is 4. The van der Waals surface area contributed by atoms with Gasteiger partial charge in [0.25, 0.3) is 0 Å². The third-order valence-electron chi connectivity index (χ3n) is 13.5. The summed E-state index contributed by atoms with van der Waals surface area (Å²) < 4.78 is 9.78. The molecule has 4 heterocycles. The van der Waals surface area contributed by atoms with Crippen LogP contribution in [0.25, 0.3) is 121 Å². The number of rotatable bonds is 5. The van der Waals surface area contributed by atoms with Gasteiger partial charge in [-0.15, -0.1) is 0 Å². The van der Waals surface area contributed by atoms with Gasteiger partial charge in [0, 0.05) is 65.8 Å². The summed E-state index contributed by atoms with van der Waals surface area (Å²) in [5, 5.41) is 9.92. The summed E-state index contributed by atoms with van der Waals surface area (Å²) in [4.78, 5) is 0. The molecule has 0 aliphatic heterocycles. The molecule has 0 saturated heterocycles. The van der Waals surface area contributed by atoms with Gasteiger partial charge in [-0.25, -0.2) is 0 Å². The highest BCUT2D eigenvalue weighted by Gasteiger charge is 2.23. The second-order valence-electron chi connectivity index (χ2n) is 16.9. The number of hydrogen-bond donors (Lipinski definition) is 0. The lowest BCUT2D eigenvalue weighted by Gasteiger charge is -2.12. The number of hydrogen-bond acceptors (Lipinski definition) is 0. The van der Waals surface area contributed by atoms with E-state index in [1.807, 2.05) is 0 Å². The zero-order valence-corrected chi connectivity index (χ0v) is 34.7. The Kier molecular flexibility index (Phi) is 7.36. The molecule has 0 amide bonds. The van der Waals surface area contributed by atoms with E-state index in [4.69, 9.17) is 0 Å². The summed E-state index contributed by atoms with van der Waals surface area (Å²) in [7, 11) is 0. The molecule has 0 aliphatic rings. The quantitative estimate of drug-likeness (QED) is 0.165. The summed E-state index contributed by atoms with van der Waals surface area (Å²) in [5.74, 6) is 0. The van der Waals surface area contributed by atoms with Crippen molar-refractivity contribution >= 4 is 87.2 Å². The molecule has 0 atom stereocenters. The van der Waals surface area contributed by atoms with E-state index in [9.17, 15) is 0 Å². The molecule has 10 aromatic carbocycles. The molecule has 0 radical (unpaired) electrons. The number of aromatic nitrogens is 4. The molecular weight excluding hydrogens is 777 g/mol. The van der Waals surface area contributed by atoms with Gasteiger partial charge in [0.15, 0.2) is 0 Å². The number of para-hydroxylation sites is 6. The average Bonchev–Trinajstić information content (AvgIpc) is 4.08. The Balaban J connectivity index is 1.05. The van der Waals surface area contributed by atoms with E-state index in [1.54, 1.807) is 0 Å². The SMILES string of the molecule is c1ccc(-n2c3ccccc3c3cc4c5cc(-c6ccc7c(c6)c6ccc8c9ccccc9n(-c9ccccc9)c8c6n7-c6ccccc6)ccc5n(-c5ccccc5)c4cc32)cc1. The zero-order valence-electron chi connectivity index (χ0n) is 34.7. The minimum Gasteiger partial charge on any atom is -0.309 e. The van der Waals surface area contributed by atoms with Crippen molar-refractivity contribution in [3.63, 3.8) is 0 Å². The largest absolute Gasteiger partial charge is 0.309 e. The van der Waals surface area contributed by atoms with Gasteiger partial charge in [-0.2, -0.15) is 0 Å². The van der Waals surface area contributed by atoms with E-state index in [2.05, 4.69) is 249 Å². The molecule has 4 aromatic heterocycles. The molecule has 0 fully saturated rings. The maximum Gasteiger partial charge on any atom is 0.0788 e. The first kappa shape index (κ1) is 35.0. The molecule has 14 rings (SSSR count). The molecule has 14 aromatic rings. The monoisotopic (exact) mass is 814 g/mol. The molecule has 0 N–H and O–H groups in total. The van der Waals surface area contributed by atoms with E-state index in [-0.39, 0.29) is 0 Å². The van der Waals surface area contributed by atoms with Crippen LogP contribution in [-0.4, -0.2) is 18.3 Å². The van der Waals surface area contributed by atoms with Crippen molar-refractivity contribution in [2.45, 2.75) is 0 Å². The van der Waals surface area contributed by atoms with Crippen LogP contribution in [0.4, 0.5) is 0 Å². The first-order chi connectivity index (χ1) is 31.8. The topological polar surface area (TPSA) is 19.7 Å². The predicted molar refractivity (Wildman–Crippen MR) is 269 cm³/mol. The summed E-state index contributed by atoms with van der Waals surface area (Å²) in [6, 6.07) is 84.4. The lowest BCUT2D eigenvalue weighted by molar-refractivity contribution is 1.15. The number of fused-ring (bicyclic) bond motifs is 13. The van der Waals surface area contributed by atoms with Crippen molar-refractivity contribution < 1.29 is 0 Å². The maximum atomic E-state index is 2.48. The van der Waals surface area contributed by atoms with E-state index >= 15 is 0 Å². The van der Waals surface area contributed by atoms with Crippen LogP contribution in [-0.2, 0) is 0 Å². The molecular formula is C60H38N4. The normalized spacial score (nSPS) is 12.1. The van der Waals surface area contributed by atoms with Gasteiger partial charge in [-0.3, -0.25) is 0 Å². The maximum absolute atomic E-state index is 2.48. The molecule has 0 aliphatic carbocycles. The van der Waals surface area contributed by atoms with Crippen LogP contribution in [0, 0.1) is 0 Å². The van der Waals surface area contributed by atoms with Crippen LogP contribution in [0.3, 0.4) is 0 Å². The Morgan fingerprint density at radius 3 is 1.02 bits per heavy atom. The van der Waals surface area contributed by atoms with Gasteiger partial charge in [0.2, 0.25) is 0 Å². The van der Waals surface area contributed by atoms with Crippen LogP contribution in [0.2, 0.25) is 0 Å². The minimum absolute atomic E-state index is 1.14. The van der Waals surface area contributed by atoms with Crippen LogP contribution in [0.1, 0.15) is 0 Å². The molecule has 4 heteroatoms. The van der Waals surface area contributed by atoms with Crippen LogP contribution >= 0.6 is 0 Å². The van der Waals surface area contributed by atoms with Crippen molar-refractivity contribution in [1.29, 1.82) is 0 Å². The molecule has 4 nitrogen and oxygen atoms in total. The molecule has 0 saturated carbocycles. The van der Waals surface area contributed by atoms with Crippen LogP contribution < -0.4 is 0 Å². The third-order valence-corrected chi connectivity index (χ3v) is 13.5. The van der Waals surface area contributed by atoms with Crippen molar-refractivity contribution in [2.75, 3.05) is 0 Å². The Hall–Kier alpha value is -8.60. The summed E-state index contributed by atoms with van der Waals surface area (Å²) in [6.07, 6.45) is 0. The second-order valence-corrected chi connectivity index (χ2v) is 16.9. The fourth-order valence-corrected chi connectivity index (χ4v) is 10.8. The Morgan fingerprint density at radius 2 is 0.516 bits per heavy atom. The first-order valence-corrected chi connectivity index (χ1v) is 22.0. The molecule has 298 valence electrons. The van der Waals surface area contributed by atoms with E-state index in [0.29, 0.717) is 0 Å². The zero-order chi connectivity index (χ0) is 41.9. The second kappa shape index (κ2) is 13.4. The summed E-state index contributed by atoms with van der Waals surface area (Å²) in [5.41, 5.74) is 16.5. The summed E-state index contributed by atoms with van der Waals surface area (Å²) in [6.45, 7) is 0. The van der Waals surface area contributed by atoms with Gasteiger partial charge in [0.1, 0.15) is 0 Å². The lowest BCUT2D eigenvalue weighted by Crippen LogP contribution is -1.98. The smallest absolute Gasteiger partial charge is 0.0788 e. The van der Waals surface area contributed by atoms with Crippen LogP contribution in [0.15, 0.2) is 231 Å². The van der Waals surface area contributed by atoms with Gasteiger partial charge < -0.3 is 18.3 Å². The molecule has 64 heavy (non-hydrogen) atoms. The van der Waals surface area contributed by atoms with Gasteiger partial charge >= 0.3 is 0 Å². The highest BCUT2D eigenvalue weighted by Crippen LogP contribution is 2.44. The third kappa shape index (κ3) is 4.93. The first-order valence-electron chi connectivity index (χ1n) is 22.0. The van der Waals surface area contributed by atoms with E-state index in [1.165, 1.54) is 98.4 Å². The Morgan fingerprint density at radius 1 is 0.188 bits per heavy atom. The predicted octanol–water partition coefficient (Wildman–Crippen LogP) is 15.7. The fourth-order valence-electron chi connectivity index (χ4n) is 10.8. The van der Waals surface area contributed by atoms with Crippen molar-refractivity contribution in [2.24, 2.45) is 0 Å². The Labute approximate surface area is 368 Å². The summed E-state index contributed by atoms with van der Waals surface area (Å²) >= 11 is 0. The molecule has 0 unspecified atom stereocenters. The van der Waals surface area contributed by atoms with Gasteiger partial charge in [-0.05, 0) is 108 Å². The highest BCUT2D eigenvalue weighted by molar-refractivity contribution is 6.24.